The standard InChI is InChI=1S/C16H22N2O4Si/c1-22-11-7-5-6-10-13(11)12(14(18-10)15(17)19)9(16(20)21)8-23(2,3)4/h5-7,9,18H,8H2,1-4H3,(H2,17,19)(H,20,21)/t9-/m1/s1. The molecule has 0 saturated carbocycles. The molecule has 0 aliphatic rings. The summed E-state index contributed by atoms with van der Waals surface area (Å²) in [6.07, 6.45) is 0. The van der Waals surface area contributed by atoms with Gasteiger partial charge in [-0.1, -0.05) is 25.7 Å². The zero-order chi connectivity index (χ0) is 17.4. The van der Waals surface area contributed by atoms with Crippen LogP contribution < -0.4 is 10.5 Å². The number of benzene rings is 1. The number of hydrogen-bond acceptors (Lipinski definition) is 3. The summed E-state index contributed by atoms with van der Waals surface area (Å²) < 4.78 is 5.37. The number of aliphatic carboxylic acids is 1. The number of hydrogen-bond donors (Lipinski definition) is 3. The van der Waals surface area contributed by atoms with Crippen LogP contribution in [-0.4, -0.2) is 37.2 Å². The van der Waals surface area contributed by atoms with Crippen molar-refractivity contribution in [2.45, 2.75) is 31.6 Å². The Bertz CT molecular complexity index is 761. The number of rotatable bonds is 6. The zero-order valence-corrected chi connectivity index (χ0v) is 14.8. The van der Waals surface area contributed by atoms with Gasteiger partial charge in [0.1, 0.15) is 11.4 Å². The highest BCUT2D eigenvalue weighted by molar-refractivity contribution is 6.76. The number of carboxylic acids is 1. The van der Waals surface area contributed by atoms with E-state index in [1.165, 1.54) is 7.11 Å². The predicted molar refractivity (Wildman–Crippen MR) is 91.9 cm³/mol. The molecule has 0 saturated heterocycles. The molecule has 7 heteroatoms. The molecule has 4 N–H and O–H groups in total. The number of carboxylic acid groups (broad SMARTS) is 1. The van der Waals surface area contributed by atoms with Crippen LogP contribution in [0.1, 0.15) is 22.0 Å². The Morgan fingerprint density at radius 3 is 2.48 bits per heavy atom. The van der Waals surface area contributed by atoms with Crippen LogP contribution in [0.3, 0.4) is 0 Å². The van der Waals surface area contributed by atoms with E-state index < -0.39 is 25.9 Å². The molecule has 124 valence electrons. The number of carbonyl (C=O) groups is 2. The van der Waals surface area contributed by atoms with Gasteiger partial charge in [0.25, 0.3) is 5.91 Å². The Labute approximate surface area is 135 Å². The molecule has 0 aliphatic carbocycles. The summed E-state index contributed by atoms with van der Waals surface area (Å²) in [5, 5.41) is 10.4. The van der Waals surface area contributed by atoms with Crippen molar-refractivity contribution < 1.29 is 19.4 Å². The Kier molecular flexibility index (Phi) is 4.51. The Hall–Kier alpha value is -2.28. The Morgan fingerprint density at radius 1 is 1.35 bits per heavy atom. The molecule has 0 unspecified atom stereocenters. The quantitative estimate of drug-likeness (QED) is 0.706. The van der Waals surface area contributed by atoms with Crippen LogP contribution in [0.4, 0.5) is 0 Å². The molecule has 2 rings (SSSR count). The van der Waals surface area contributed by atoms with Crippen molar-refractivity contribution in [1.29, 1.82) is 0 Å². The largest absolute Gasteiger partial charge is 0.496 e. The third-order valence-electron chi connectivity index (χ3n) is 3.75. The van der Waals surface area contributed by atoms with Crippen molar-refractivity contribution in [3.63, 3.8) is 0 Å². The molecule has 1 heterocycles. The second kappa shape index (κ2) is 6.08. The van der Waals surface area contributed by atoms with Crippen LogP contribution in [0, 0.1) is 0 Å². The first kappa shape index (κ1) is 17.1. The van der Waals surface area contributed by atoms with E-state index in [-0.39, 0.29) is 5.69 Å². The number of amides is 1. The summed E-state index contributed by atoms with van der Waals surface area (Å²) in [4.78, 5) is 26.7. The molecule has 2 aromatic rings. The average molecular weight is 334 g/mol. The van der Waals surface area contributed by atoms with Crippen molar-refractivity contribution in [1.82, 2.24) is 4.98 Å². The highest BCUT2D eigenvalue weighted by Crippen LogP contribution is 2.39. The summed E-state index contributed by atoms with van der Waals surface area (Å²) in [6.45, 7) is 6.29. The summed E-state index contributed by atoms with van der Waals surface area (Å²) in [7, 11) is -0.182. The molecule has 0 aliphatic heterocycles. The van der Waals surface area contributed by atoms with Crippen LogP contribution in [0.25, 0.3) is 10.9 Å². The third kappa shape index (κ3) is 3.39. The smallest absolute Gasteiger partial charge is 0.310 e. The molecule has 1 aromatic carbocycles. The maximum atomic E-state index is 11.9. The number of carbonyl (C=O) groups excluding carboxylic acids is 1. The molecule has 0 fully saturated rings. The number of nitrogens with one attached hydrogen (secondary N) is 1. The number of primary amides is 1. The van der Waals surface area contributed by atoms with Crippen LogP contribution in [0.5, 0.6) is 5.75 Å². The lowest BCUT2D eigenvalue weighted by Crippen LogP contribution is -2.28. The Balaban J connectivity index is 2.80. The first-order valence-corrected chi connectivity index (χ1v) is 11.1. The van der Waals surface area contributed by atoms with Crippen LogP contribution >= 0.6 is 0 Å². The second-order valence-corrected chi connectivity index (χ2v) is 12.3. The second-order valence-electron chi connectivity index (χ2n) is 6.82. The maximum absolute atomic E-state index is 11.9. The molecule has 1 atom stereocenters. The van der Waals surface area contributed by atoms with E-state index in [0.29, 0.717) is 28.3 Å². The molecule has 0 bridgehead atoms. The summed E-state index contributed by atoms with van der Waals surface area (Å²) >= 11 is 0. The van der Waals surface area contributed by atoms with Gasteiger partial charge in [-0.25, -0.2) is 0 Å². The van der Waals surface area contributed by atoms with Gasteiger partial charge >= 0.3 is 5.97 Å². The molecule has 1 aromatic heterocycles. The van der Waals surface area contributed by atoms with E-state index in [9.17, 15) is 14.7 Å². The van der Waals surface area contributed by atoms with E-state index in [1.807, 2.05) is 0 Å². The number of aromatic nitrogens is 1. The van der Waals surface area contributed by atoms with Crippen molar-refractivity contribution in [3.8, 4) is 5.75 Å². The number of ether oxygens (including phenoxy) is 1. The van der Waals surface area contributed by atoms with E-state index in [1.54, 1.807) is 18.2 Å². The number of H-pyrrole nitrogens is 1. The maximum Gasteiger partial charge on any atom is 0.310 e. The van der Waals surface area contributed by atoms with Gasteiger partial charge < -0.3 is 20.6 Å². The molecule has 1 amide bonds. The van der Waals surface area contributed by atoms with Crippen molar-refractivity contribution >= 4 is 30.9 Å². The van der Waals surface area contributed by atoms with E-state index >= 15 is 0 Å². The number of aromatic amines is 1. The van der Waals surface area contributed by atoms with Gasteiger partial charge in [-0.05, 0) is 18.2 Å². The first-order chi connectivity index (χ1) is 10.7. The number of fused-ring (bicyclic) bond motifs is 1. The molecule has 0 radical (unpaired) electrons. The van der Waals surface area contributed by atoms with Gasteiger partial charge in [0, 0.05) is 19.0 Å². The molecular formula is C16H22N2O4Si. The van der Waals surface area contributed by atoms with Crippen molar-refractivity contribution in [2.24, 2.45) is 5.73 Å². The SMILES string of the molecule is COc1cccc2[nH]c(C(N)=O)c([C@@H](C[Si](C)(C)C)C(=O)O)c12. The third-order valence-corrected chi connectivity index (χ3v) is 5.39. The lowest BCUT2D eigenvalue weighted by atomic mass is 9.96. The van der Waals surface area contributed by atoms with Gasteiger partial charge in [-0.3, -0.25) is 9.59 Å². The molecule has 23 heavy (non-hydrogen) atoms. The fraction of sp³-hybridized carbons (Fsp3) is 0.375. The van der Waals surface area contributed by atoms with Crippen LogP contribution in [0.2, 0.25) is 25.7 Å². The van der Waals surface area contributed by atoms with Gasteiger partial charge in [0.2, 0.25) is 0 Å². The fourth-order valence-corrected chi connectivity index (χ4v) is 4.48. The minimum Gasteiger partial charge on any atom is -0.496 e. The minimum atomic E-state index is -1.70. The lowest BCUT2D eigenvalue weighted by Gasteiger charge is -2.22. The molecule has 0 spiro atoms. The normalized spacial score (nSPS) is 13.0. The van der Waals surface area contributed by atoms with Crippen molar-refractivity contribution in [2.75, 3.05) is 7.11 Å². The summed E-state index contributed by atoms with van der Waals surface area (Å²) in [6, 6.07) is 5.81. The molecular weight excluding hydrogens is 312 g/mol. The monoisotopic (exact) mass is 334 g/mol. The van der Waals surface area contributed by atoms with Crippen molar-refractivity contribution in [3.05, 3.63) is 29.5 Å². The first-order valence-electron chi connectivity index (χ1n) is 7.37. The van der Waals surface area contributed by atoms with E-state index in [2.05, 4.69) is 24.6 Å². The van der Waals surface area contributed by atoms with Gasteiger partial charge in [-0.2, -0.15) is 0 Å². The Morgan fingerprint density at radius 2 is 2.00 bits per heavy atom. The fourth-order valence-electron chi connectivity index (χ4n) is 2.88. The molecule has 6 nitrogen and oxygen atoms in total. The van der Waals surface area contributed by atoms with E-state index in [4.69, 9.17) is 10.5 Å². The summed E-state index contributed by atoms with van der Waals surface area (Å²) in [5.74, 6) is -1.89. The lowest BCUT2D eigenvalue weighted by molar-refractivity contribution is -0.138. The number of nitrogens with two attached hydrogens (primary N) is 1. The summed E-state index contributed by atoms with van der Waals surface area (Å²) in [5.41, 5.74) is 6.71. The highest BCUT2D eigenvalue weighted by Gasteiger charge is 2.33. The van der Waals surface area contributed by atoms with Crippen LogP contribution in [0.15, 0.2) is 18.2 Å². The topological polar surface area (TPSA) is 105 Å². The van der Waals surface area contributed by atoms with Crippen LogP contribution in [-0.2, 0) is 4.79 Å². The van der Waals surface area contributed by atoms with Gasteiger partial charge in [0.05, 0.1) is 18.5 Å². The van der Waals surface area contributed by atoms with E-state index in [0.717, 1.165) is 0 Å². The average Bonchev–Trinajstić information content (AvgIpc) is 2.82. The predicted octanol–water partition coefficient (Wildman–Crippen LogP) is 2.78. The minimum absolute atomic E-state index is 0.148. The van der Waals surface area contributed by atoms with Gasteiger partial charge in [-0.15, -0.1) is 0 Å². The number of methoxy groups -OCH3 is 1. The highest BCUT2D eigenvalue weighted by atomic mass is 28.3. The zero-order valence-electron chi connectivity index (χ0n) is 13.8. The van der Waals surface area contributed by atoms with Gasteiger partial charge in [0.15, 0.2) is 0 Å².